The Labute approximate surface area is 247 Å². The Hall–Kier alpha value is -2.86. The minimum atomic E-state index is -0.514. The highest BCUT2D eigenvalue weighted by atomic mass is 127. The van der Waals surface area contributed by atoms with Gasteiger partial charge in [-0.25, -0.2) is 0 Å². The van der Waals surface area contributed by atoms with E-state index in [1.807, 2.05) is 55.5 Å². The molecule has 0 saturated heterocycles. The first-order valence-corrected chi connectivity index (χ1v) is 14.1. The largest absolute Gasteiger partial charge is 0.490 e. The molecule has 0 unspecified atom stereocenters. The van der Waals surface area contributed by atoms with Crippen molar-refractivity contribution in [3.05, 3.63) is 96.5 Å². The number of hydrazone groups is 1. The van der Waals surface area contributed by atoms with E-state index >= 15 is 0 Å². The van der Waals surface area contributed by atoms with Gasteiger partial charge in [-0.2, -0.15) is 15.1 Å². The van der Waals surface area contributed by atoms with E-state index in [2.05, 4.69) is 32.7 Å². The molecular formula is C27H19Cl2IN4O3S. The highest BCUT2D eigenvalue weighted by molar-refractivity contribution is 14.1. The fourth-order valence-electron chi connectivity index (χ4n) is 3.71. The molecule has 0 bridgehead atoms. The van der Waals surface area contributed by atoms with Crippen LogP contribution in [0.3, 0.4) is 0 Å². The van der Waals surface area contributed by atoms with E-state index in [0.717, 1.165) is 9.13 Å². The number of carbonyl (C=O) groups excluding carboxylic acids is 1. The summed E-state index contributed by atoms with van der Waals surface area (Å²) in [5.41, 5.74) is 2.47. The highest BCUT2D eigenvalue weighted by Gasteiger charge is 2.36. The number of benzene rings is 3. The van der Waals surface area contributed by atoms with Crippen molar-refractivity contribution in [1.29, 1.82) is 5.41 Å². The molecule has 0 saturated carbocycles. The maximum absolute atomic E-state index is 12.9. The summed E-state index contributed by atoms with van der Waals surface area (Å²) in [7, 11) is 0. The van der Waals surface area contributed by atoms with Gasteiger partial charge in [-0.1, -0.05) is 53.5 Å². The van der Waals surface area contributed by atoms with Gasteiger partial charge in [-0.15, -0.1) is 0 Å². The molecule has 0 aliphatic carbocycles. The number of rotatable bonds is 7. The van der Waals surface area contributed by atoms with Crippen LogP contribution in [0.15, 0.2) is 76.3 Å². The molecule has 0 radical (unpaired) electrons. The third-order valence-corrected chi connectivity index (χ3v) is 7.82. The van der Waals surface area contributed by atoms with Crippen LogP contribution in [0.4, 0.5) is 0 Å². The quantitative estimate of drug-likeness (QED) is 0.211. The number of halogens is 3. The zero-order chi connectivity index (χ0) is 26.8. The van der Waals surface area contributed by atoms with Gasteiger partial charge >= 0.3 is 0 Å². The van der Waals surface area contributed by atoms with Crippen LogP contribution in [0.2, 0.25) is 10.0 Å². The number of nitrogens with one attached hydrogen (secondary N) is 1. The third kappa shape index (κ3) is 5.61. The predicted octanol–water partition coefficient (Wildman–Crippen LogP) is 7.24. The first kappa shape index (κ1) is 26.7. The molecule has 5 rings (SSSR count). The van der Waals surface area contributed by atoms with Gasteiger partial charge in [0.15, 0.2) is 17.3 Å². The van der Waals surface area contributed by atoms with Crippen molar-refractivity contribution in [2.75, 3.05) is 6.61 Å². The summed E-state index contributed by atoms with van der Waals surface area (Å²) in [6.45, 7) is 2.66. The number of thioether (sulfide) groups is 1. The lowest BCUT2D eigenvalue weighted by atomic mass is 10.1. The molecule has 2 heterocycles. The summed E-state index contributed by atoms with van der Waals surface area (Å²) in [6, 6.07) is 18.4. The Morgan fingerprint density at radius 3 is 2.61 bits per heavy atom. The van der Waals surface area contributed by atoms with Crippen molar-refractivity contribution in [2.24, 2.45) is 10.1 Å². The van der Waals surface area contributed by atoms with E-state index in [4.69, 9.17) is 38.1 Å². The number of amides is 1. The van der Waals surface area contributed by atoms with Crippen molar-refractivity contribution in [2.45, 2.75) is 13.5 Å². The van der Waals surface area contributed by atoms with Crippen molar-refractivity contribution >= 4 is 85.6 Å². The van der Waals surface area contributed by atoms with Crippen LogP contribution in [0.5, 0.6) is 11.5 Å². The first-order chi connectivity index (χ1) is 18.3. The topological polar surface area (TPSA) is 87.3 Å². The van der Waals surface area contributed by atoms with Crippen molar-refractivity contribution in [1.82, 2.24) is 5.01 Å². The van der Waals surface area contributed by atoms with E-state index in [1.165, 1.54) is 16.8 Å². The fourth-order valence-corrected chi connectivity index (χ4v) is 5.83. The van der Waals surface area contributed by atoms with Crippen LogP contribution in [-0.2, 0) is 11.4 Å². The Morgan fingerprint density at radius 2 is 1.87 bits per heavy atom. The van der Waals surface area contributed by atoms with Gasteiger partial charge in [-0.3, -0.25) is 10.2 Å². The lowest BCUT2D eigenvalue weighted by molar-refractivity contribution is -0.114. The number of ether oxygens (including phenoxy) is 2. The molecule has 0 spiro atoms. The Bertz CT molecular complexity index is 1540. The summed E-state index contributed by atoms with van der Waals surface area (Å²) in [4.78, 5) is 17.1. The minimum Gasteiger partial charge on any atom is -0.490 e. The third-order valence-electron chi connectivity index (χ3n) is 5.50. The molecule has 0 atom stereocenters. The zero-order valence-corrected chi connectivity index (χ0v) is 24.4. The molecule has 3 aromatic carbocycles. The number of aliphatic imine (C=N–C) groups is 1. The lowest BCUT2D eigenvalue weighted by Gasteiger charge is -2.20. The van der Waals surface area contributed by atoms with Crippen LogP contribution in [-0.4, -0.2) is 33.6 Å². The van der Waals surface area contributed by atoms with Crippen molar-refractivity contribution in [3.8, 4) is 11.5 Å². The number of hydrogen-bond donors (Lipinski definition) is 1. The minimum absolute atomic E-state index is 0.0643. The van der Waals surface area contributed by atoms with E-state index in [-0.39, 0.29) is 11.4 Å². The standard InChI is InChI=1S/C27H19Cl2IN4O3S/c1-2-36-22-13-16(12-21(30)23(22)37-14-15-7-9-17(28)10-8-15)11-19-24(31)34-27(32-25(19)35)38-26(33-34)18-5-3-4-6-20(18)29/h3-13,31H,2,14H2,1H3/b19-11-,31-24?. The van der Waals surface area contributed by atoms with Gasteiger partial charge in [0.2, 0.25) is 5.17 Å². The van der Waals surface area contributed by atoms with Gasteiger partial charge in [-0.05, 0) is 88.8 Å². The number of hydrogen-bond acceptors (Lipinski definition) is 6. The molecular weight excluding hydrogens is 658 g/mol. The van der Waals surface area contributed by atoms with Crippen molar-refractivity contribution in [3.63, 3.8) is 0 Å². The maximum Gasteiger partial charge on any atom is 0.283 e. The molecule has 2 aliphatic heterocycles. The van der Waals surface area contributed by atoms with Gasteiger partial charge in [0.25, 0.3) is 5.91 Å². The molecule has 2 aliphatic rings. The number of nitrogens with zero attached hydrogens (tertiary/aromatic N) is 3. The predicted molar refractivity (Wildman–Crippen MR) is 162 cm³/mol. The van der Waals surface area contributed by atoms with Crippen molar-refractivity contribution < 1.29 is 14.3 Å². The fraction of sp³-hybridized carbons (Fsp3) is 0.111. The Morgan fingerprint density at radius 1 is 1.11 bits per heavy atom. The maximum atomic E-state index is 12.9. The Kier molecular flexibility index (Phi) is 8.08. The second-order valence-electron chi connectivity index (χ2n) is 8.08. The van der Waals surface area contributed by atoms with E-state index in [0.29, 0.717) is 56.1 Å². The molecule has 7 nitrogen and oxygen atoms in total. The van der Waals surface area contributed by atoms with E-state index in [9.17, 15) is 4.79 Å². The van der Waals surface area contributed by atoms with Crippen LogP contribution in [0.25, 0.3) is 6.08 Å². The second-order valence-corrected chi connectivity index (χ2v) is 11.0. The average Bonchev–Trinajstić information content (AvgIpc) is 3.31. The summed E-state index contributed by atoms with van der Waals surface area (Å²) < 4.78 is 12.7. The molecule has 0 aromatic heterocycles. The van der Waals surface area contributed by atoms with Crippen LogP contribution in [0, 0.1) is 8.98 Å². The summed E-state index contributed by atoms with van der Waals surface area (Å²) in [6.07, 6.45) is 1.62. The SMILES string of the molecule is CCOc1cc(/C=C2/C(=N)N3N=C(c4ccccc4Cl)SC3=NC2=O)cc(I)c1OCc1ccc(Cl)cc1. The molecule has 0 fully saturated rings. The number of amidine groups is 2. The average molecular weight is 677 g/mol. The summed E-state index contributed by atoms with van der Waals surface area (Å²) in [5.74, 6) is 0.556. The molecule has 11 heteroatoms. The smallest absolute Gasteiger partial charge is 0.283 e. The molecule has 3 aromatic rings. The normalized spacial score (nSPS) is 15.9. The summed E-state index contributed by atoms with van der Waals surface area (Å²) in [5, 5.41) is 16.7. The molecule has 192 valence electrons. The van der Waals surface area contributed by atoms with Crippen LogP contribution >= 0.6 is 57.6 Å². The monoisotopic (exact) mass is 676 g/mol. The van der Waals surface area contributed by atoms with Gasteiger partial charge in [0, 0.05) is 10.6 Å². The van der Waals surface area contributed by atoms with Gasteiger partial charge in [0.05, 0.1) is 20.8 Å². The number of fused-ring (bicyclic) bond motifs is 1. The molecule has 1 amide bonds. The molecule has 1 N–H and O–H groups in total. The van der Waals surface area contributed by atoms with Crippen LogP contribution in [0.1, 0.15) is 23.6 Å². The van der Waals surface area contributed by atoms with E-state index in [1.54, 1.807) is 18.2 Å². The molecule has 38 heavy (non-hydrogen) atoms. The Balaban J connectivity index is 1.43. The zero-order valence-electron chi connectivity index (χ0n) is 19.9. The number of carbonyl (C=O) groups is 1. The van der Waals surface area contributed by atoms with Gasteiger partial charge < -0.3 is 9.47 Å². The van der Waals surface area contributed by atoms with E-state index < -0.39 is 5.91 Å². The lowest BCUT2D eigenvalue weighted by Crippen LogP contribution is -2.35. The highest BCUT2D eigenvalue weighted by Crippen LogP contribution is 2.37. The van der Waals surface area contributed by atoms with Gasteiger partial charge in [0.1, 0.15) is 11.7 Å². The summed E-state index contributed by atoms with van der Waals surface area (Å²) >= 11 is 15.7. The first-order valence-electron chi connectivity index (χ1n) is 11.4. The second kappa shape index (κ2) is 11.5. The van der Waals surface area contributed by atoms with Crippen LogP contribution < -0.4 is 9.47 Å².